The number of allylic oxidation sites excluding steroid dienone is 1. The van der Waals surface area contributed by atoms with Gasteiger partial charge < -0.3 is 26.4 Å². The van der Waals surface area contributed by atoms with Crippen LogP contribution in [-0.4, -0.2) is 63.3 Å². The van der Waals surface area contributed by atoms with Crippen molar-refractivity contribution in [1.29, 1.82) is 0 Å². The molecule has 0 saturated carbocycles. The number of halogens is 3. The summed E-state index contributed by atoms with van der Waals surface area (Å²) in [5, 5.41) is 8.65. The summed E-state index contributed by atoms with van der Waals surface area (Å²) in [5.74, 6) is -0.855. The van der Waals surface area contributed by atoms with Crippen molar-refractivity contribution in [2.75, 3.05) is 51.0 Å². The number of anilines is 2. The average Bonchev–Trinajstić information content (AvgIpc) is 3.01. The van der Waals surface area contributed by atoms with Crippen LogP contribution in [0.15, 0.2) is 65.8 Å². The van der Waals surface area contributed by atoms with Crippen LogP contribution < -0.4 is 26.4 Å². The van der Waals surface area contributed by atoms with Crippen LogP contribution in [0, 0.1) is 6.92 Å². The SMILES string of the molecule is CN=CC(=CN)c1ccc(C(=O)Nc2cc(NC(=O)c3ccc(CN4CCNCC4)c(C(F)(F)F)c3)ccc2C)c(OC)c1. The van der Waals surface area contributed by atoms with E-state index in [1.807, 2.05) is 4.90 Å². The number of nitrogens with zero attached hydrogens (tertiary/aromatic N) is 2. The number of hydrogen-bond donors (Lipinski definition) is 4. The maximum absolute atomic E-state index is 14.0. The van der Waals surface area contributed by atoms with Gasteiger partial charge in [0.05, 0.1) is 18.2 Å². The molecule has 1 aliphatic heterocycles. The maximum Gasteiger partial charge on any atom is 0.416 e. The third-order valence-corrected chi connectivity index (χ3v) is 7.25. The van der Waals surface area contributed by atoms with Gasteiger partial charge in [-0.05, 0) is 60.0 Å². The van der Waals surface area contributed by atoms with Gasteiger partial charge in [0.25, 0.3) is 11.8 Å². The fourth-order valence-electron chi connectivity index (χ4n) is 4.87. The zero-order chi connectivity index (χ0) is 31.9. The number of rotatable bonds is 9. The number of methoxy groups -OCH3 is 1. The van der Waals surface area contributed by atoms with Crippen molar-refractivity contribution in [3.63, 3.8) is 0 Å². The number of aliphatic imine (C=N–C) groups is 1. The Morgan fingerprint density at radius 3 is 2.41 bits per heavy atom. The van der Waals surface area contributed by atoms with Crippen LogP contribution in [0.3, 0.4) is 0 Å². The molecule has 3 aromatic rings. The Kier molecular flexibility index (Phi) is 10.4. The summed E-state index contributed by atoms with van der Waals surface area (Å²) in [4.78, 5) is 32.2. The van der Waals surface area contributed by atoms with Crippen LogP contribution in [0.1, 0.15) is 43.0 Å². The van der Waals surface area contributed by atoms with Gasteiger partial charge in [-0.3, -0.25) is 19.5 Å². The highest BCUT2D eigenvalue weighted by molar-refractivity contribution is 6.11. The lowest BCUT2D eigenvalue weighted by Crippen LogP contribution is -2.43. The molecule has 2 amide bonds. The summed E-state index contributed by atoms with van der Waals surface area (Å²) >= 11 is 0. The van der Waals surface area contributed by atoms with Gasteiger partial charge in [-0.2, -0.15) is 13.2 Å². The molecule has 232 valence electrons. The average molecular weight is 609 g/mol. The Hall–Kier alpha value is -4.68. The van der Waals surface area contributed by atoms with E-state index >= 15 is 0 Å². The number of hydrogen-bond acceptors (Lipinski definition) is 7. The number of amides is 2. The van der Waals surface area contributed by atoms with Gasteiger partial charge in [0.15, 0.2) is 0 Å². The Bertz CT molecular complexity index is 1580. The van der Waals surface area contributed by atoms with E-state index in [9.17, 15) is 22.8 Å². The summed E-state index contributed by atoms with van der Waals surface area (Å²) < 4.78 is 47.4. The number of piperazine rings is 1. The summed E-state index contributed by atoms with van der Waals surface area (Å²) in [5.41, 5.74) is 7.87. The summed E-state index contributed by atoms with van der Waals surface area (Å²) in [6.07, 6.45) is -1.63. The Labute approximate surface area is 254 Å². The summed E-state index contributed by atoms with van der Waals surface area (Å²) in [7, 11) is 3.06. The first-order valence-electron chi connectivity index (χ1n) is 13.9. The molecule has 0 bridgehead atoms. The third kappa shape index (κ3) is 7.82. The highest BCUT2D eigenvalue weighted by atomic mass is 19.4. The lowest BCUT2D eigenvalue weighted by atomic mass is 10.0. The first-order chi connectivity index (χ1) is 21.0. The smallest absolute Gasteiger partial charge is 0.416 e. The van der Waals surface area contributed by atoms with Crippen molar-refractivity contribution in [3.05, 3.63) is 94.2 Å². The number of benzene rings is 3. The van der Waals surface area contributed by atoms with Crippen LogP contribution in [-0.2, 0) is 12.7 Å². The van der Waals surface area contributed by atoms with E-state index in [1.165, 1.54) is 25.4 Å². The van der Waals surface area contributed by atoms with Crippen molar-refractivity contribution in [3.8, 4) is 5.75 Å². The molecule has 0 unspecified atom stereocenters. The Balaban J connectivity index is 1.52. The zero-order valence-corrected chi connectivity index (χ0v) is 24.7. The number of carbonyl (C=O) groups excluding carboxylic acids is 2. The monoisotopic (exact) mass is 608 g/mol. The third-order valence-electron chi connectivity index (χ3n) is 7.25. The maximum atomic E-state index is 14.0. The lowest BCUT2D eigenvalue weighted by molar-refractivity contribution is -0.138. The molecule has 3 aromatic carbocycles. The number of alkyl halides is 3. The van der Waals surface area contributed by atoms with E-state index < -0.39 is 23.6 Å². The number of ether oxygens (including phenoxy) is 1. The lowest BCUT2D eigenvalue weighted by Gasteiger charge is -2.28. The number of nitrogens with two attached hydrogens (primary N) is 1. The molecule has 0 aliphatic carbocycles. The predicted octanol–water partition coefficient (Wildman–Crippen LogP) is 4.93. The molecule has 0 aromatic heterocycles. The number of nitrogens with one attached hydrogen (secondary N) is 3. The normalized spacial score (nSPS) is 14.5. The van der Waals surface area contributed by atoms with E-state index in [2.05, 4.69) is 20.9 Å². The molecular formula is C32H35F3N6O3. The second-order valence-corrected chi connectivity index (χ2v) is 10.3. The van der Waals surface area contributed by atoms with Gasteiger partial charge in [0, 0.05) is 74.7 Å². The molecule has 0 spiro atoms. The van der Waals surface area contributed by atoms with E-state index in [-0.39, 0.29) is 23.2 Å². The summed E-state index contributed by atoms with van der Waals surface area (Å²) in [6.45, 7) is 4.63. The Morgan fingerprint density at radius 2 is 1.75 bits per heavy atom. The van der Waals surface area contributed by atoms with Gasteiger partial charge in [0.1, 0.15) is 5.75 Å². The molecule has 12 heteroatoms. The van der Waals surface area contributed by atoms with E-state index in [0.29, 0.717) is 60.0 Å². The highest BCUT2D eigenvalue weighted by Gasteiger charge is 2.34. The standard InChI is InChI=1S/C32H35F3N6O3/c1-20-4-8-25(16-28(20)40-31(43)26-9-7-21(15-29(26)44-3)24(17-36)18-37-2)39-30(42)22-5-6-23(27(14-22)32(33,34)35)19-41-12-10-38-11-13-41/h4-9,14-18,38H,10-13,19,36H2,1-3H3,(H,39,42)(H,40,43). The number of carbonyl (C=O) groups is 2. The zero-order valence-electron chi connectivity index (χ0n) is 24.7. The van der Waals surface area contributed by atoms with Gasteiger partial charge in [-0.1, -0.05) is 18.2 Å². The van der Waals surface area contributed by atoms with Crippen molar-refractivity contribution < 1.29 is 27.5 Å². The molecule has 0 atom stereocenters. The van der Waals surface area contributed by atoms with Crippen LogP contribution in [0.4, 0.5) is 24.5 Å². The van der Waals surface area contributed by atoms with Crippen LogP contribution in [0.25, 0.3) is 5.57 Å². The van der Waals surface area contributed by atoms with Crippen molar-refractivity contribution in [2.24, 2.45) is 10.7 Å². The Morgan fingerprint density at radius 1 is 1.02 bits per heavy atom. The summed E-state index contributed by atoms with van der Waals surface area (Å²) in [6, 6.07) is 13.5. The first-order valence-corrected chi connectivity index (χ1v) is 13.9. The molecule has 9 nitrogen and oxygen atoms in total. The van der Waals surface area contributed by atoms with Gasteiger partial charge in [0.2, 0.25) is 0 Å². The quantitative estimate of drug-likeness (QED) is 0.256. The minimum Gasteiger partial charge on any atom is -0.496 e. The molecule has 0 radical (unpaired) electrons. The molecular weight excluding hydrogens is 573 g/mol. The predicted molar refractivity (Wildman–Crippen MR) is 166 cm³/mol. The van der Waals surface area contributed by atoms with Crippen molar-refractivity contribution in [2.45, 2.75) is 19.6 Å². The van der Waals surface area contributed by atoms with E-state index in [0.717, 1.165) is 6.07 Å². The second-order valence-electron chi connectivity index (χ2n) is 10.3. The van der Waals surface area contributed by atoms with Crippen molar-refractivity contribution in [1.82, 2.24) is 10.2 Å². The first kappa shape index (κ1) is 32.2. The van der Waals surface area contributed by atoms with E-state index in [1.54, 1.807) is 56.6 Å². The van der Waals surface area contributed by atoms with Gasteiger partial charge in [-0.15, -0.1) is 0 Å². The fraction of sp³-hybridized carbons (Fsp3) is 0.281. The van der Waals surface area contributed by atoms with Crippen LogP contribution >= 0.6 is 0 Å². The molecule has 1 heterocycles. The highest BCUT2D eigenvalue weighted by Crippen LogP contribution is 2.34. The van der Waals surface area contributed by atoms with Crippen molar-refractivity contribution >= 4 is 35.0 Å². The molecule has 1 fully saturated rings. The minimum absolute atomic E-state index is 0.119. The molecule has 4 rings (SSSR count). The second kappa shape index (κ2) is 14.2. The minimum atomic E-state index is -4.62. The number of aryl methyl sites for hydroxylation is 1. The fourth-order valence-corrected chi connectivity index (χ4v) is 4.87. The molecule has 44 heavy (non-hydrogen) atoms. The van der Waals surface area contributed by atoms with Gasteiger partial charge in [-0.25, -0.2) is 0 Å². The largest absolute Gasteiger partial charge is 0.496 e. The van der Waals surface area contributed by atoms with E-state index in [4.69, 9.17) is 10.5 Å². The molecule has 1 aliphatic rings. The van der Waals surface area contributed by atoms with Crippen LogP contribution in [0.5, 0.6) is 5.75 Å². The molecule has 5 N–H and O–H groups in total. The topological polar surface area (TPSA) is 121 Å². The van der Waals surface area contributed by atoms with Crippen LogP contribution in [0.2, 0.25) is 0 Å². The molecule has 1 saturated heterocycles. The van der Waals surface area contributed by atoms with Gasteiger partial charge >= 0.3 is 6.18 Å².